The molecule has 0 amide bonds. The van der Waals surface area contributed by atoms with E-state index in [0.29, 0.717) is 6.04 Å². The first kappa shape index (κ1) is 9.66. The molecule has 1 saturated heterocycles. The standard InChI is InChI=1S/C12H16N4/c1-13-10-5-7-15(9-10)12-4-2-3-11-14-6-8-16(11)12/h2-4,6,8,10,13H,5,7,9H2,1H3. The molecular formula is C12H16N4. The Balaban J connectivity index is 1.97. The third kappa shape index (κ3) is 1.46. The van der Waals surface area contributed by atoms with Gasteiger partial charge in [-0.1, -0.05) is 6.07 Å². The number of likely N-dealkylation sites (N-methyl/N-ethyl adjacent to an activating group) is 1. The number of anilines is 1. The third-order valence-corrected chi connectivity index (χ3v) is 3.33. The van der Waals surface area contributed by atoms with Gasteiger partial charge in [-0.05, 0) is 25.6 Å². The van der Waals surface area contributed by atoms with Crippen molar-refractivity contribution >= 4 is 11.5 Å². The maximum atomic E-state index is 4.31. The van der Waals surface area contributed by atoms with Gasteiger partial charge in [0.2, 0.25) is 0 Å². The molecule has 1 aliphatic rings. The van der Waals surface area contributed by atoms with E-state index in [1.165, 1.54) is 12.2 Å². The van der Waals surface area contributed by atoms with Crippen LogP contribution in [0.5, 0.6) is 0 Å². The van der Waals surface area contributed by atoms with E-state index in [1.54, 1.807) is 0 Å². The fraction of sp³-hybridized carbons (Fsp3) is 0.417. The van der Waals surface area contributed by atoms with Crippen LogP contribution in [0.25, 0.3) is 5.65 Å². The molecular weight excluding hydrogens is 200 g/mol. The Kier molecular flexibility index (Phi) is 2.29. The van der Waals surface area contributed by atoms with Crippen LogP contribution in [-0.2, 0) is 0 Å². The van der Waals surface area contributed by atoms with Crippen molar-refractivity contribution in [1.82, 2.24) is 14.7 Å². The minimum Gasteiger partial charge on any atom is -0.356 e. The van der Waals surface area contributed by atoms with Crippen LogP contribution in [0.4, 0.5) is 5.82 Å². The summed E-state index contributed by atoms with van der Waals surface area (Å²) in [5.74, 6) is 1.24. The first-order chi connectivity index (χ1) is 7.88. The molecule has 0 radical (unpaired) electrons. The molecule has 1 unspecified atom stereocenters. The highest BCUT2D eigenvalue weighted by atomic mass is 15.3. The maximum Gasteiger partial charge on any atom is 0.138 e. The summed E-state index contributed by atoms with van der Waals surface area (Å²) in [6, 6.07) is 6.88. The lowest BCUT2D eigenvalue weighted by Crippen LogP contribution is -2.30. The van der Waals surface area contributed by atoms with E-state index in [0.717, 1.165) is 18.7 Å². The lowest BCUT2D eigenvalue weighted by Gasteiger charge is -2.19. The molecule has 0 aliphatic carbocycles. The molecule has 3 rings (SSSR count). The monoisotopic (exact) mass is 216 g/mol. The fourth-order valence-corrected chi connectivity index (χ4v) is 2.39. The van der Waals surface area contributed by atoms with Crippen LogP contribution in [0.3, 0.4) is 0 Å². The number of imidazole rings is 1. The number of nitrogens with one attached hydrogen (secondary N) is 1. The quantitative estimate of drug-likeness (QED) is 0.817. The van der Waals surface area contributed by atoms with Crippen molar-refractivity contribution in [2.45, 2.75) is 12.5 Å². The van der Waals surface area contributed by atoms with Gasteiger partial charge < -0.3 is 10.2 Å². The van der Waals surface area contributed by atoms with Crippen LogP contribution in [0.2, 0.25) is 0 Å². The summed E-state index contributed by atoms with van der Waals surface area (Å²) in [6.45, 7) is 2.19. The summed E-state index contributed by atoms with van der Waals surface area (Å²) < 4.78 is 2.15. The van der Waals surface area contributed by atoms with Gasteiger partial charge in [-0.25, -0.2) is 4.98 Å². The molecule has 16 heavy (non-hydrogen) atoms. The summed E-state index contributed by atoms with van der Waals surface area (Å²) in [4.78, 5) is 6.72. The highest BCUT2D eigenvalue weighted by molar-refractivity contribution is 5.52. The minimum absolute atomic E-state index is 0.610. The predicted molar refractivity (Wildman–Crippen MR) is 64.9 cm³/mol. The van der Waals surface area contributed by atoms with Gasteiger partial charge in [-0.15, -0.1) is 0 Å². The van der Waals surface area contributed by atoms with E-state index in [4.69, 9.17) is 0 Å². The Hall–Kier alpha value is -1.55. The van der Waals surface area contributed by atoms with Crippen molar-refractivity contribution in [3.63, 3.8) is 0 Å². The largest absolute Gasteiger partial charge is 0.356 e. The summed E-state index contributed by atoms with van der Waals surface area (Å²) >= 11 is 0. The summed E-state index contributed by atoms with van der Waals surface area (Å²) in [6.07, 6.45) is 5.09. The van der Waals surface area contributed by atoms with E-state index < -0.39 is 0 Å². The Morgan fingerprint density at radius 1 is 1.44 bits per heavy atom. The molecule has 1 atom stereocenters. The molecule has 4 nitrogen and oxygen atoms in total. The average Bonchev–Trinajstić information content (AvgIpc) is 2.97. The molecule has 2 aromatic rings. The normalized spacial score (nSPS) is 20.8. The van der Waals surface area contributed by atoms with E-state index in [-0.39, 0.29) is 0 Å². The maximum absolute atomic E-state index is 4.31. The van der Waals surface area contributed by atoms with Crippen LogP contribution in [0, 0.1) is 0 Å². The Labute approximate surface area is 94.9 Å². The molecule has 1 fully saturated rings. The number of nitrogens with zero attached hydrogens (tertiary/aromatic N) is 3. The topological polar surface area (TPSA) is 32.6 Å². The Morgan fingerprint density at radius 2 is 2.38 bits per heavy atom. The van der Waals surface area contributed by atoms with Gasteiger partial charge in [0.05, 0.1) is 0 Å². The average molecular weight is 216 g/mol. The number of hydrogen-bond donors (Lipinski definition) is 1. The van der Waals surface area contributed by atoms with Crippen molar-refractivity contribution in [2.75, 3.05) is 25.0 Å². The second-order valence-electron chi connectivity index (χ2n) is 4.26. The molecule has 1 aliphatic heterocycles. The van der Waals surface area contributed by atoms with Crippen molar-refractivity contribution in [3.05, 3.63) is 30.6 Å². The smallest absolute Gasteiger partial charge is 0.138 e. The van der Waals surface area contributed by atoms with Gasteiger partial charge in [0.1, 0.15) is 11.5 Å². The molecule has 0 aromatic carbocycles. The second-order valence-corrected chi connectivity index (χ2v) is 4.26. The number of fused-ring (bicyclic) bond motifs is 1. The van der Waals surface area contributed by atoms with E-state index >= 15 is 0 Å². The number of aromatic nitrogens is 2. The fourth-order valence-electron chi connectivity index (χ4n) is 2.39. The minimum atomic E-state index is 0.610. The van der Waals surface area contributed by atoms with Crippen LogP contribution < -0.4 is 10.2 Å². The van der Waals surface area contributed by atoms with E-state index in [1.807, 2.05) is 25.5 Å². The molecule has 0 spiro atoms. The van der Waals surface area contributed by atoms with Gasteiger partial charge >= 0.3 is 0 Å². The highest BCUT2D eigenvalue weighted by Crippen LogP contribution is 2.21. The lowest BCUT2D eigenvalue weighted by molar-refractivity contribution is 0.616. The molecule has 1 N–H and O–H groups in total. The lowest BCUT2D eigenvalue weighted by atomic mass is 10.3. The summed E-state index contributed by atoms with van der Waals surface area (Å²) in [5, 5.41) is 3.34. The number of rotatable bonds is 2. The number of pyridine rings is 1. The van der Waals surface area contributed by atoms with Crippen LogP contribution in [-0.4, -0.2) is 35.6 Å². The molecule has 3 heterocycles. The first-order valence-electron chi connectivity index (χ1n) is 5.73. The van der Waals surface area contributed by atoms with Crippen LogP contribution in [0.15, 0.2) is 30.6 Å². The van der Waals surface area contributed by atoms with E-state index in [2.05, 4.69) is 31.7 Å². The number of hydrogen-bond acceptors (Lipinski definition) is 3. The molecule has 0 saturated carbocycles. The van der Waals surface area contributed by atoms with Gasteiger partial charge in [0, 0.05) is 31.5 Å². The van der Waals surface area contributed by atoms with Gasteiger partial charge in [0.15, 0.2) is 0 Å². The van der Waals surface area contributed by atoms with Crippen molar-refractivity contribution in [1.29, 1.82) is 0 Å². The molecule has 84 valence electrons. The third-order valence-electron chi connectivity index (χ3n) is 3.33. The molecule has 4 heteroatoms. The first-order valence-corrected chi connectivity index (χ1v) is 5.73. The van der Waals surface area contributed by atoms with Crippen LogP contribution >= 0.6 is 0 Å². The van der Waals surface area contributed by atoms with Gasteiger partial charge in [-0.3, -0.25) is 4.40 Å². The van der Waals surface area contributed by atoms with Crippen molar-refractivity contribution < 1.29 is 0 Å². The summed E-state index contributed by atoms with van der Waals surface area (Å²) in [5.41, 5.74) is 1.02. The van der Waals surface area contributed by atoms with Gasteiger partial charge in [0.25, 0.3) is 0 Å². The zero-order chi connectivity index (χ0) is 11.0. The SMILES string of the molecule is CNC1CCN(c2cccc3nccn23)C1. The van der Waals surface area contributed by atoms with Crippen molar-refractivity contribution in [2.24, 2.45) is 0 Å². The zero-order valence-electron chi connectivity index (χ0n) is 9.43. The predicted octanol–water partition coefficient (Wildman–Crippen LogP) is 1.13. The second kappa shape index (κ2) is 3.79. The van der Waals surface area contributed by atoms with Crippen LogP contribution in [0.1, 0.15) is 6.42 Å². The Morgan fingerprint density at radius 3 is 3.19 bits per heavy atom. The molecule has 2 aromatic heterocycles. The van der Waals surface area contributed by atoms with Gasteiger partial charge in [-0.2, -0.15) is 0 Å². The van der Waals surface area contributed by atoms with Crippen molar-refractivity contribution in [3.8, 4) is 0 Å². The summed E-state index contributed by atoms with van der Waals surface area (Å²) in [7, 11) is 2.03. The Bertz CT molecular complexity index is 490. The van der Waals surface area contributed by atoms with E-state index in [9.17, 15) is 0 Å². The highest BCUT2D eigenvalue weighted by Gasteiger charge is 2.22. The zero-order valence-corrected chi connectivity index (χ0v) is 9.43. The molecule has 0 bridgehead atoms.